The minimum Gasteiger partial charge on any atom is -0.477 e. The molecule has 1 saturated heterocycles. The van der Waals surface area contributed by atoms with Crippen LogP contribution in [0.3, 0.4) is 0 Å². The topological polar surface area (TPSA) is 292 Å². The minimum absolute atomic E-state index is 0. The molecule has 24 heteroatoms. The Bertz CT molecular complexity index is 2260. The molecule has 1 fully saturated rings. The standard InChI is InChI=1S/C13H11FN2O4.C10H11FN2O2.C6H7FN2.C6H8O4.C4H6O3.C4H8O2.3CH4/c1-20-7-8-6-15-16(12(17)11(8)13(18)19)10-4-2-9(14)3-5-10;1-15-7-10(14)6-12-13-9-4-2-8(11)3-5-9;7-5-1-3-6(9-8)4-2-5;1-6(2)9-4(7)3-5(8)10-6;1-7-3-4(6)2-5;1-4(5)3-6-2;;;/h2-6H,7H2,1H3,(H,18,19);2-6,13H,7H2,1H3;1-4,9H,8H2;3H2,1-2H3;2H,3H2,1H3;3H2,1-2H3;3*1H4/b;12-6+;;;;;;;. The molecule has 1 aliphatic heterocycles. The fourth-order valence-electron chi connectivity index (χ4n) is 4.32. The first kappa shape index (κ1) is 69.1. The van der Waals surface area contributed by atoms with E-state index in [1.54, 1.807) is 12.1 Å². The lowest BCUT2D eigenvalue weighted by Gasteiger charge is -2.28. The lowest BCUT2D eigenvalue weighted by Crippen LogP contribution is -2.39. The highest BCUT2D eigenvalue weighted by atomic mass is 19.1. The van der Waals surface area contributed by atoms with E-state index in [4.69, 9.17) is 15.7 Å². The number of rotatable bonds is 15. The molecule has 0 saturated carbocycles. The number of cyclic esters (lactones) is 2. The second-order valence-electron chi connectivity index (χ2n) is 13.1. The number of hydrogen-bond donors (Lipinski definition) is 4. The number of carboxylic acid groups (broad SMARTS) is 1. The summed E-state index contributed by atoms with van der Waals surface area (Å²) in [7, 11) is 5.68. The molecule has 0 aliphatic carbocycles. The van der Waals surface area contributed by atoms with Crippen molar-refractivity contribution in [3.05, 3.63) is 118 Å². The molecule has 0 radical (unpaired) electrons. The van der Waals surface area contributed by atoms with E-state index < -0.39 is 46.4 Å². The molecule has 3 aromatic carbocycles. The number of nitrogens with zero attached hydrogens (tertiary/aromatic N) is 3. The van der Waals surface area contributed by atoms with Gasteiger partial charge < -0.3 is 39.0 Å². The number of methoxy groups -OCH3 is 4. The Balaban J connectivity index is -0.000000389. The number of nitrogens with one attached hydrogen (secondary N) is 2. The number of hydrogen-bond acceptors (Lipinski definition) is 19. The Kier molecular flexibility index (Phi) is 37.9. The number of hydrazine groups is 1. The number of hydrazone groups is 1. The van der Waals surface area contributed by atoms with Crippen molar-refractivity contribution in [2.24, 2.45) is 10.9 Å². The SMILES string of the molecule is C.C.C.CC1(C)OC(=O)CC(=O)O1.COCC(=O)/C=N/Nc1ccc(F)cc1.COCC(=O)C=O.COCC(C)=O.COCc1cnn(-c2ccc(F)cc2)c(=O)c1C(=O)O.NNc1ccc(F)cc1. The number of benzene rings is 3. The molecular weight excluding hydrogens is 934 g/mol. The van der Waals surface area contributed by atoms with Crippen molar-refractivity contribution in [1.29, 1.82) is 0 Å². The number of Topliss-reactive ketones (excluding diaryl/α,β-unsaturated/α-hetero) is 3. The Hall–Kier alpha value is -7.51. The quantitative estimate of drug-likeness (QED) is 0.0217. The number of aromatic nitrogens is 2. The molecule has 0 atom stereocenters. The van der Waals surface area contributed by atoms with Crippen molar-refractivity contribution in [3.63, 3.8) is 0 Å². The van der Waals surface area contributed by atoms with Gasteiger partial charge in [0.25, 0.3) is 11.3 Å². The average molecular weight is 997 g/mol. The van der Waals surface area contributed by atoms with Crippen LogP contribution in [0.1, 0.15) is 65.4 Å². The van der Waals surface area contributed by atoms with Gasteiger partial charge >= 0.3 is 17.9 Å². The van der Waals surface area contributed by atoms with E-state index in [2.05, 4.69) is 44.7 Å². The molecule has 1 aliphatic rings. The predicted molar refractivity (Wildman–Crippen MR) is 254 cm³/mol. The largest absolute Gasteiger partial charge is 0.477 e. The second-order valence-corrected chi connectivity index (χ2v) is 13.1. The predicted octanol–water partition coefficient (Wildman–Crippen LogP) is 5.51. The number of nitrogens with two attached hydrogens (primary N) is 1. The van der Waals surface area contributed by atoms with E-state index in [1.165, 1.54) is 104 Å². The Labute approximate surface area is 404 Å². The fraction of sp³-hybridized carbons (Fsp3) is 0.348. The van der Waals surface area contributed by atoms with Crippen LogP contribution in [0.4, 0.5) is 24.5 Å². The van der Waals surface area contributed by atoms with Gasteiger partial charge in [0.15, 0.2) is 12.1 Å². The molecule has 21 nitrogen and oxygen atoms in total. The van der Waals surface area contributed by atoms with Gasteiger partial charge in [-0.15, -0.1) is 0 Å². The van der Waals surface area contributed by atoms with Crippen LogP contribution < -0.4 is 22.3 Å². The number of carbonyl (C=O) groups is 7. The highest BCUT2D eigenvalue weighted by molar-refractivity contribution is 6.28. The van der Waals surface area contributed by atoms with Gasteiger partial charge in [0, 0.05) is 53.5 Å². The zero-order valence-corrected chi connectivity index (χ0v) is 37.4. The number of carboxylic acids is 1. The lowest BCUT2D eigenvalue weighted by atomic mass is 10.1. The first-order valence-corrected chi connectivity index (χ1v) is 18.9. The van der Waals surface area contributed by atoms with Gasteiger partial charge in [-0.3, -0.25) is 44.8 Å². The smallest absolute Gasteiger partial charge is 0.341 e. The van der Waals surface area contributed by atoms with Crippen molar-refractivity contribution in [1.82, 2.24) is 9.78 Å². The zero-order chi connectivity index (χ0) is 51.0. The zero-order valence-electron chi connectivity index (χ0n) is 37.4. The summed E-state index contributed by atoms with van der Waals surface area (Å²) in [5, 5.41) is 16.7. The number of ketones is 3. The average Bonchev–Trinajstić information content (AvgIpc) is 3.25. The number of halogens is 3. The summed E-state index contributed by atoms with van der Waals surface area (Å²) in [5.41, 5.74) is 5.55. The van der Waals surface area contributed by atoms with Crippen LogP contribution in [-0.4, -0.2) is 117 Å². The van der Waals surface area contributed by atoms with Crippen LogP contribution in [0.25, 0.3) is 5.69 Å². The van der Waals surface area contributed by atoms with Gasteiger partial charge in [0.1, 0.15) is 49.3 Å². The van der Waals surface area contributed by atoms with Crippen LogP contribution in [0.15, 0.2) is 88.9 Å². The number of esters is 2. The summed E-state index contributed by atoms with van der Waals surface area (Å²) in [5.74, 6) is -0.202. The van der Waals surface area contributed by atoms with Gasteiger partial charge in [0.05, 0.1) is 30.4 Å². The normalized spacial score (nSPS) is 11.3. The van der Waals surface area contributed by atoms with E-state index >= 15 is 0 Å². The Morgan fingerprint density at radius 2 is 1.20 bits per heavy atom. The monoisotopic (exact) mass is 996 g/mol. The van der Waals surface area contributed by atoms with E-state index in [0.29, 0.717) is 11.4 Å². The molecule has 1 aromatic heterocycles. The molecule has 388 valence electrons. The Morgan fingerprint density at radius 3 is 1.56 bits per heavy atom. The van der Waals surface area contributed by atoms with Crippen molar-refractivity contribution in [3.8, 4) is 5.69 Å². The summed E-state index contributed by atoms with van der Waals surface area (Å²) < 4.78 is 65.9. The summed E-state index contributed by atoms with van der Waals surface area (Å²) in [6.45, 7) is 4.61. The van der Waals surface area contributed by atoms with E-state index in [9.17, 15) is 51.5 Å². The maximum absolute atomic E-state index is 12.9. The van der Waals surface area contributed by atoms with Crippen molar-refractivity contribution in [2.45, 2.75) is 61.9 Å². The minimum atomic E-state index is -1.36. The van der Waals surface area contributed by atoms with E-state index in [1.807, 2.05) is 0 Å². The number of anilines is 2. The van der Waals surface area contributed by atoms with Crippen molar-refractivity contribution < 1.29 is 80.3 Å². The highest BCUT2D eigenvalue weighted by Gasteiger charge is 2.34. The van der Waals surface area contributed by atoms with Crippen molar-refractivity contribution >= 4 is 59.1 Å². The van der Waals surface area contributed by atoms with Crippen LogP contribution in [0.2, 0.25) is 0 Å². The highest BCUT2D eigenvalue weighted by Crippen LogP contribution is 2.18. The van der Waals surface area contributed by atoms with Gasteiger partial charge in [0.2, 0.25) is 11.6 Å². The number of aldehydes is 1. The first-order chi connectivity index (χ1) is 31.7. The third-order valence-electron chi connectivity index (χ3n) is 6.96. The second kappa shape index (κ2) is 38.5. The van der Waals surface area contributed by atoms with Crippen LogP contribution in [0, 0.1) is 17.5 Å². The molecule has 5 rings (SSSR count). The summed E-state index contributed by atoms with van der Waals surface area (Å²) >= 11 is 0. The van der Waals surface area contributed by atoms with Crippen LogP contribution in [-0.2, 0) is 63.8 Å². The number of ether oxygens (including phenoxy) is 6. The Morgan fingerprint density at radius 1 is 0.757 bits per heavy atom. The summed E-state index contributed by atoms with van der Waals surface area (Å²) in [6, 6.07) is 16.5. The third-order valence-corrected chi connectivity index (χ3v) is 6.96. The van der Waals surface area contributed by atoms with Crippen LogP contribution in [0.5, 0.6) is 0 Å². The fourth-order valence-corrected chi connectivity index (χ4v) is 4.32. The molecule has 0 unspecified atom stereocenters. The molecule has 2 heterocycles. The molecule has 0 spiro atoms. The van der Waals surface area contributed by atoms with E-state index in [-0.39, 0.29) is 95.9 Å². The molecular formula is C46H63F3N6O15. The van der Waals surface area contributed by atoms with Gasteiger partial charge in [-0.2, -0.15) is 14.9 Å². The molecule has 5 N–H and O–H groups in total. The van der Waals surface area contributed by atoms with Crippen LogP contribution >= 0.6 is 0 Å². The van der Waals surface area contributed by atoms with E-state index in [0.717, 1.165) is 23.0 Å². The lowest BCUT2D eigenvalue weighted by molar-refractivity contribution is -0.231. The maximum Gasteiger partial charge on any atom is 0.341 e. The third kappa shape index (κ3) is 30.7. The molecule has 4 aromatic rings. The first-order valence-electron chi connectivity index (χ1n) is 18.9. The number of nitrogen functional groups attached to an aromatic ring is 1. The summed E-state index contributed by atoms with van der Waals surface area (Å²) in [4.78, 5) is 84.7. The number of carbonyl (C=O) groups excluding carboxylic acids is 6. The number of aromatic carboxylic acids is 1. The van der Waals surface area contributed by atoms with Gasteiger partial charge in [-0.05, 0) is 79.7 Å². The molecule has 70 heavy (non-hydrogen) atoms. The maximum atomic E-state index is 12.9. The molecule has 0 amide bonds. The van der Waals surface area contributed by atoms with Gasteiger partial charge in [-0.1, -0.05) is 22.3 Å². The van der Waals surface area contributed by atoms with Crippen molar-refractivity contribution in [2.75, 3.05) is 59.1 Å². The van der Waals surface area contributed by atoms with Gasteiger partial charge in [-0.25, -0.2) is 18.0 Å². The summed E-state index contributed by atoms with van der Waals surface area (Å²) in [6.07, 6.45) is 2.33. The molecule has 0 bridgehead atoms.